The van der Waals surface area contributed by atoms with Crippen molar-refractivity contribution in [2.24, 2.45) is 5.10 Å². The molecule has 0 heterocycles. The highest BCUT2D eigenvalue weighted by molar-refractivity contribution is 5.84. The van der Waals surface area contributed by atoms with E-state index < -0.39 is 0 Å². The fourth-order valence-electron chi connectivity index (χ4n) is 2.78. The van der Waals surface area contributed by atoms with Gasteiger partial charge in [-0.1, -0.05) is 83.3 Å². The first-order valence-corrected chi connectivity index (χ1v) is 9.84. The lowest BCUT2D eigenvalue weighted by atomic mass is 10.1. The molecule has 0 bridgehead atoms. The van der Waals surface area contributed by atoms with Gasteiger partial charge in [0, 0.05) is 12.0 Å². The molecule has 0 saturated heterocycles. The molecule has 4 nitrogen and oxygen atoms in total. The van der Waals surface area contributed by atoms with E-state index >= 15 is 0 Å². The van der Waals surface area contributed by atoms with Crippen LogP contribution in [0.25, 0.3) is 0 Å². The van der Waals surface area contributed by atoms with E-state index in [1.54, 1.807) is 18.2 Å². The largest absolute Gasteiger partial charge is 0.507 e. The molecule has 0 fully saturated rings. The van der Waals surface area contributed by atoms with Crippen LogP contribution in [0.2, 0.25) is 0 Å². The second-order valence-corrected chi connectivity index (χ2v) is 6.64. The predicted octanol–water partition coefficient (Wildman–Crippen LogP) is 5.54. The van der Waals surface area contributed by atoms with Crippen LogP contribution in [0.3, 0.4) is 0 Å². The second kappa shape index (κ2) is 14.5. The molecule has 1 aromatic carbocycles. The Labute approximate surface area is 152 Å². The van der Waals surface area contributed by atoms with Gasteiger partial charge in [0.05, 0.1) is 6.21 Å². The fraction of sp³-hybridized carbons (Fsp3) is 0.619. The van der Waals surface area contributed by atoms with Crippen molar-refractivity contribution in [1.82, 2.24) is 5.43 Å². The van der Waals surface area contributed by atoms with Crippen LogP contribution in [0.1, 0.15) is 89.5 Å². The molecule has 0 aliphatic heterocycles. The third-order valence-electron chi connectivity index (χ3n) is 4.34. The number of aromatic hydroxyl groups is 1. The van der Waals surface area contributed by atoms with Crippen LogP contribution < -0.4 is 5.43 Å². The standard InChI is InChI=1S/C21H34N2O2/c1-2-3-4-5-6-7-8-9-10-11-12-17-21(25)23-22-18-19-15-13-14-16-20(19)24/h13-16,18,24H,2-12,17H2,1H3,(H,23,25)/b22-18-. The van der Waals surface area contributed by atoms with E-state index in [-0.39, 0.29) is 11.7 Å². The summed E-state index contributed by atoms with van der Waals surface area (Å²) >= 11 is 0. The number of benzene rings is 1. The number of hydrogen-bond donors (Lipinski definition) is 2. The maximum Gasteiger partial charge on any atom is 0.240 e. The summed E-state index contributed by atoms with van der Waals surface area (Å²) in [6.07, 6.45) is 16.0. The van der Waals surface area contributed by atoms with Crippen molar-refractivity contribution >= 4 is 12.1 Å². The topological polar surface area (TPSA) is 61.7 Å². The summed E-state index contributed by atoms with van der Waals surface area (Å²) in [6, 6.07) is 6.90. The number of phenolic OH excluding ortho intramolecular Hbond substituents is 1. The Morgan fingerprint density at radius 1 is 0.960 bits per heavy atom. The SMILES string of the molecule is CCCCCCCCCCCCCC(=O)N/N=C\c1ccccc1O. The minimum atomic E-state index is -0.0670. The molecule has 1 rings (SSSR count). The fourth-order valence-corrected chi connectivity index (χ4v) is 2.78. The van der Waals surface area contributed by atoms with E-state index in [4.69, 9.17) is 0 Å². The summed E-state index contributed by atoms with van der Waals surface area (Å²) in [7, 11) is 0. The van der Waals surface area contributed by atoms with Crippen LogP contribution >= 0.6 is 0 Å². The number of rotatable bonds is 14. The number of carbonyl (C=O) groups excluding carboxylic acids is 1. The number of para-hydroxylation sites is 1. The Morgan fingerprint density at radius 2 is 1.52 bits per heavy atom. The highest BCUT2D eigenvalue weighted by Gasteiger charge is 2.00. The zero-order chi connectivity index (χ0) is 18.2. The van der Waals surface area contributed by atoms with Gasteiger partial charge < -0.3 is 5.11 Å². The molecule has 0 saturated carbocycles. The van der Waals surface area contributed by atoms with Gasteiger partial charge in [0.1, 0.15) is 5.75 Å². The molecule has 2 N–H and O–H groups in total. The average molecular weight is 347 g/mol. The predicted molar refractivity (Wildman–Crippen MR) is 105 cm³/mol. The molecule has 0 atom stereocenters. The Morgan fingerprint density at radius 3 is 2.12 bits per heavy atom. The minimum Gasteiger partial charge on any atom is -0.507 e. The summed E-state index contributed by atoms with van der Waals surface area (Å²) in [5.41, 5.74) is 3.11. The van der Waals surface area contributed by atoms with Crippen molar-refractivity contribution < 1.29 is 9.90 Å². The van der Waals surface area contributed by atoms with Crippen LogP contribution in [-0.2, 0) is 4.79 Å². The minimum absolute atomic E-state index is 0.0670. The van der Waals surface area contributed by atoms with Crippen molar-refractivity contribution in [3.8, 4) is 5.75 Å². The van der Waals surface area contributed by atoms with Crippen molar-refractivity contribution in [3.63, 3.8) is 0 Å². The summed E-state index contributed by atoms with van der Waals surface area (Å²) in [5, 5.41) is 13.5. The molecule has 0 aliphatic carbocycles. The molecule has 1 aromatic rings. The molecule has 0 spiro atoms. The van der Waals surface area contributed by atoms with Crippen molar-refractivity contribution in [3.05, 3.63) is 29.8 Å². The molecule has 0 radical (unpaired) electrons. The van der Waals surface area contributed by atoms with E-state index in [9.17, 15) is 9.90 Å². The summed E-state index contributed by atoms with van der Waals surface area (Å²) in [4.78, 5) is 11.7. The lowest BCUT2D eigenvalue weighted by molar-refractivity contribution is -0.121. The van der Waals surface area contributed by atoms with Gasteiger partial charge in [-0.15, -0.1) is 0 Å². The van der Waals surface area contributed by atoms with Crippen LogP contribution in [-0.4, -0.2) is 17.2 Å². The molecule has 4 heteroatoms. The van der Waals surface area contributed by atoms with E-state index in [0.717, 1.165) is 12.8 Å². The van der Waals surface area contributed by atoms with Gasteiger partial charge in [0.25, 0.3) is 0 Å². The smallest absolute Gasteiger partial charge is 0.240 e. The van der Waals surface area contributed by atoms with Crippen molar-refractivity contribution in [2.45, 2.75) is 84.0 Å². The van der Waals surface area contributed by atoms with Gasteiger partial charge in [-0.05, 0) is 18.6 Å². The van der Waals surface area contributed by atoms with E-state index in [0.29, 0.717) is 12.0 Å². The zero-order valence-corrected chi connectivity index (χ0v) is 15.7. The van der Waals surface area contributed by atoms with Crippen molar-refractivity contribution in [2.75, 3.05) is 0 Å². The first-order chi connectivity index (χ1) is 12.2. The molecule has 0 aromatic heterocycles. The van der Waals surface area contributed by atoms with Gasteiger partial charge in [0.15, 0.2) is 0 Å². The van der Waals surface area contributed by atoms with Crippen LogP contribution in [0, 0.1) is 0 Å². The Kier molecular flexibility index (Phi) is 12.3. The number of hydrazone groups is 1. The summed E-state index contributed by atoms with van der Waals surface area (Å²) in [5.74, 6) is 0.0912. The first-order valence-electron chi connectivity index (χ1n) is 9.84. The van der Waals surface area contributed by atoms with Gasteiger partial charge in [-0.2, -0.15) is 5.10 Å². The Hall–Kier alpha value is -1.84. The van der Waals surface area contributed by atoms with E-state index in [2.05, 4.69) is 17.5 Å². The van der Waals surface area contributed by atoms with Gasteiger partial charge in [-0.3, -0.25) is 4.79 Å². The monoisotopic (exact) mass is 346 g/mol. The number of phenols is 1. The molecule has 0 unspecified atom stereocenters. The molecule has 0 aliphatic rings. The lowest BCUT2D eigenvalue weighted by Crippen LogP contribution is -2.16. The third kappa shape index (κ3) is 11.4. The normalized spacial score (nSPS) is 11.1. The summed E-state index contributed by atoms with van der Waals surface area (Å²) < 4.78 is 0. The number of unbranched alkanes of at least 4 members (excludes halogenated alkanes) is 10. The number of nitrogens with zero attached hydrogens (tertiary/aromatic N) is 1. The van der Waals surface area contributed by atoms with E-state index in [1.165, 1.54) is 64.0 Å². The number of nitrogens with one attached hydrogen (secondary N) is 1. The third-order valence-corrected chi connectivity index (χ3v) is 4.34. The average Bonchev–Trinajstić information content (AvgIpc) is 2.61. The zero-order valence-electron chi connectivity index (χ0n) is 15.7. The van der Waals surface area contributed by atoms with Gasteiger partial charge in [0.2, 0.25) is 5.91 Å². The molecule has 140 valence electrons. The number of carbonyl (C=O) groups is 1. The Bertz CT molecular complexity index is 500. The maximum absolute atomic E-state index is 11.7. The first kappa shape index (κ1) is 21.2. The Balaban J connectivity index is 1.94. The van der Waals surface area contributed by atoms with Crippen molar-refractivity contribution in [1.29, 1.82) is 0 Å². The molecule has 25 heavy (non-hydrogen) atoms. The molecular formula is C21H34N2O2. The number of amides is 1. The highest BCUT2D eigenvalue weighted by atomic mass is 16.3. The molecule has 1 amide bonds. The second-order valence-electron chi connectivity index (χ2n) is 6.64. The maximum atomic E-state index is 11.7. The quantitative estimate of drug-likeness (QED) is 0.264. The highest BCUT2D eigenvalue weighted by Crippen LogP contribution is 2.13. The van der Waals surface area contributed by atoms with Crippen LogP contribution in [0.15, 0.2) is 29.4 Å². The number of hydrogen-bond acceptors (Lipinski definition) is 3. The van der Waals surface area contributed by atoms with Gasteiger partial charge in [-0.25, -0.2) is 5.43 Å². The lowest BCUT2D eigenvalue weighted by Gasteiger charge is -2.03. The summed E-state index contributed by atoms with van der Waals surface area (Å²) in [6.45, 7) is 2.25. The van der Waals surface area contributed by atoms with E-state index in [1.807, 2.05) is 6.07 Å². The van der Waals surface area contributed by atoms with Crippen LogP contribution in [0.4, 0.5) is 0 Å². The van der Waals surface area contributed by atoms with Crippen LogP contribution in [0.5, 0.6) is 5.75 Å². The van der Waals surface area contributed by atoms with Gasteiger partial charge >= 0.3 is 0 Å². The molecular weight excluding hydrogens is 312 g/mol.